The van der Waals surface area contributed by atoms with Gasteiger partial charge >= 0.3 is 0 Å². The van der Waals surface area contributed by atoms with Crippen molar-refractivity contribution >= 4 is 5.91 Å². The summed E-state index contributed by atoms with van der Waals surface area (Å²) < 4.78 is 5.67. The van der Waals surface area contributed by atoms with Crippen LogP contribution in [-0.2, 0) is 9.53 Å². The molecule has 2 heterocycles. The Morgan fingerprint density at radius 3 is 2.88 bits per heavy atom. The first-order valence-corrected chi connectivity index (χ1v) is 6.53. The van der Waals surface area contributed by atoms with Crippen molar-refractivity contribution in [3.8, 4) is 0 Å². The van der Waals surface area contributed by atoms with Crippen molar-refractivity contribution in [1.82, 2.24) is 10.2 Å². The van der Waals surface area contributed by atoms with Crippen LogP contribution in [0.25, 0.3) is 0 Å². The minimum absolute atomic E-state index is 0.0691. The summed E-state index contributed by atoms with van der Waals surface area (Å²) in [6, 6.07) is 0.580. The van der Waals surface area contributed by atoms with Gasteiger partial charge in [-0.25, -0.2) is 0 Å². The molecule has 17 heavy (non-hydrogen) atoms. The molecule has 2 rings (SSSR count). The van der Waals surface area contributed by atoms with E-state index in [1.54, 1.807) is 0 Å². The van der Waals surface area contributed by atoms with E-state index in [2.05, 4.69) is 19.2 Å². The lowest BCUT2D eigenvalue weighted by Crippen LogP contribution is -2.59. The fraction of sp³-hybridized carbons (Fsp3) is 0.917. The molecule has 0 aromatic heterocycles. The predicted octanol–water partition coefficient (Wildman–Crippen LogP) is -0.298. The normalized spacial score (nSPS) is 38.4. The Balaban J connectivity index is 1.95. The Hall–Kier alpha value is -0.650. The molecule has 0 spiro atoms. The highest BCUT2D eigenvalue weighted by Gasteiger charge is 2.36. The van der Waals surface area contributed by atoms with Crippen molar-refractivity contribution in [1.29, 1.82) is 0 Å². The molecule has 3 N–H and O–H groups in total. The standard InChI is InChI=1S/C12H23N3O2/c1-8-9(2)15(6-5-14-8)12(16)11-4-3-10(7-13)17-11/h8-11,14H,3-7,13H2,1-2H3/t8?,9?,10-,11+/m1/s1. The van der Waals surface area contributed by atoms with E-state index in [1.165, 1.54) is 0 Å². The van der Waals surface area contributed by atoms with Gasteiger partial charge in [0.05, 0.1) is 6.10 Å². The molecular formula is C12H23N3O2. The first-order valence-electron chi connectivity index (χ1n) is 6.53. The zero-order valence-electron chi connectivity index (χ0n) is 10.7. The van der Waals surface area contributed by atoms with Crippen LogP contribution in [0, 0.1) is 0 Å². The van der Waals surface area contributed by atoms with E-state index in [9.17, 15) is 4.79 Å². The molecule has 0 bridgehead atoms. The molecule has 2 aliphatic rings. The van der Waals surface area contributed by atoms with Crippen LogP contribution in [0.15, 0.2) is 0 Å². The minimum Gasteiger partial charge on any atom is -0.364 e. The van der Waals surface area contributed by atoms with E-state index in [0.29, 0.717) is 12.6 Å². The lowest BCUT2D eigenvalue weighted by Gasteiger charge is -2.39. The molecule has 4 atom stereocenters. The van der Waals surface area contributed by atoms with E-state index >= 15 is 0 Å². The average Bonchev–Trinajstić information content (AvgIpc) is 2.80. The highest BCUT2D eigenvalue weighted by molar-refractivity contribution is 5.81. The van der Waals surface area contributed by atoms with Crippen molar-refractivity contribution in [2.75, 3.05) is 19.6 Å². The van der Waals surface area contributed by atoms with E-state index in [4.69, 9.17) is 10.5 Å². The maximum Gasteiger partial charge on any atom is 0.252 e. The monoisotopic (exact) mass is 241 g/mol. The third-order valence-corrected chi connectivity index (χ3v) is 3.96. The van der Waals surface area contributed by atoms with E-state index in [1.807, 2.05) is 4.90 Å². The third-order valence-electron chi connectivity index (χ3n) is 3.96. The second-order valence-electron chi connectivity index (χ2n) is 5.07. The van der Waals surface area contributed by atoms with Crippen LogP contribution in [-0.4, -0.2) is 54.7 Å². The van der Waals surface area contributed by atoms with Gasteiger partial charge in [-0.2, -0.15) is 0 Å². The molecule has 2 aliphatic heterocycles. The summed E-state index contributed by atoms with van der Waals surface area (Å²) in [4.78, 5) is 14.3. The fourth-order valence-electron chi connectivity index (χ4n) is 2.61. The summed E-state index contributed by atoms with van der Waals surface area (Å²) in [7, 11) is 0. The Morgan fingerprint density at radius 1 is 1.47 bits per heavy atom. The lowest BCUT2D eigenvalue weighted by molar-refractivity contribution is -0.146. The number of hydrogen-bond donors (Lipinski definition) is 2. The first-order chi connectivity index (χ1) is 8.13. The van der Waals surface area contributed by atoms with Gasteiger partial charge in [-0.05, 0) is 26.7 Å². The zero-order chi connectivity index (χ0) is 12.4. The quantitative estimate of drug-likeness (QED) is 0.696. The van der Waals surface area contributed by atoms with Crippen LogP contribution in [0.1, 0.15) is 26.7 Å². The van der Waals surface area contributed by atoms with E-state index < -0.39 is 0 Å². The molecule has 2 saturated heterocycles. The van der Waals surface area contributed by atoms with Crippen molar-refractivity contribution in [3.05, 3.63) is 0 Å². The molecule has 2 unspecified atom stereocenters. The molecule has 0 radical (unpaired) electrons. The first kappa shape index (κ1) is 12.8. The van der Waals surface area contributed by atoms with Gasteiger partial charge in [0.15, 0.2) is 0 Å². The molecule has 5 heteroatoms. The van der Waals surface area contributed by atoms with E-state index in [-0.39, 0.29) is 24.2 Å². The summed E-state index contributed by atoms with van der Waals surface area (Å²) >= 11 is 0. The van der Waals surface area contributed by atoms with Crippen molar-refractivity contribution < 1.29 is 9.53 Å². The van der Waals surface area contributed by atoms with Gasteiger partial charge in [-0.15, -0.1) is 0 Å². The number of nitrogens with two attached hydrogens (primary N) is 1. The number of carbonyl (C=O) groups excluding carboxylic acids is 1. The molecule has 0 saturated carbocycles. The van der Waals surface area contributed by atoms with Gasteiger partial charge in [-0.1, -0.05) is 0 Å². The summed E-state index contributed by atoms with van der Waals surface area (Å²) in [5.74, 6) is 0.141. The minimum atomic E-state index is -0.267. The van der Waals surface area contributed by atoms with Crippen LogP contribution in [0.4, 0.5) is 0 Å². The maximum absolute atomic E-state index is 12.4. The number of nitrogens with zero attached hydrogens (tertiary/aromatic N) is 1. The summed E-state index contributed by atoms with van der Waals surface area (Å²) in [6.45, 7) is 6.35. The highest BCUT2D eigenvalue weighted by atomic mass is 16.5. The molecule has 0 aliphatic carbocycles. The Labute approximate surface area is 103 Å². The van der Waals surface area contributed by atoms with E-state index in [0.717, 1.165) is 25.9 Å². The number of hydrogen-bond acceptors (Lipinski definition) is 4. The fourth-order valence-corrected chi connectivity index (χ4v) is 2.61. The van der Waals surface area contributed by atoms with Crippen molar-refractivity contribution in [2.24, 2.45) is 5.73 Å². The number of ether oxygens (including phenoxy) is 1. The Bertz CT molecular complexity index is 285. The Morgan fingerprint density at radius 2 is 2.24 bits per heavy atom. The van der Waals surface area contributed by atoms with Gasteiger partial charge in [-0.3, -0.25) is 4.79 Å². The molecule has 98 valence electrons. The third kappa shape index (κ3) is 2.61. The summed E-state index contributed by atoms with van der Waals surface area (Å²) in [5, 5.41) is 3.37. The highest BCUT2D eigenvalue weighted by Crippen LogP contribution is 2.22. The SMILES string of the molecule is CC1NCCN(C(=O)[C@@H]2CC[C@H](CN)O2)C1C. The topological polar surface area (TPSA) is 67.6 Å². The molecule has 2 fully saturated rings. The predicted molar refractivity (Wildman–Crippen MR) is 65.6 cm³/mol. The second-order valence-corrected chi connectivity index (χ2v) is 5.07. The van der Waals surface area contributed by atoms with Gasteiger partial charge < -0.3 is 20.7 Å². The van der Waals surface area contributed by atoms with Gasteiger partial charge in [0.2, 0.25) is 0 Å². The Kier molecular flexibility index (Phi) is 4.01. The molecule has 0 aromatic carbocycles. The average molecular weight is 241 g/mol. The van der Waals surface area contributed by atoms with Crippen LogP contribution in [0.2, 0.25) is 0 Å². The van der Waals surface area contributed by atoms with Crippen molar-refractivity contribution in [2.45, 2.75) is 51.0 Å². The maximum atomic E-state index is 12.4. The molecular weight excluding hydrogens is 218 g/mol. The van der Waals surface area contributed by atoms with Crippen LogP contribution < -0.4 is 11.1 Å². The van der Waals surface area contributed by atoms with Crippen LogP contribution in [0.5, 0.6) is 0 Å². The number of carbonyl (C=O) groups is 1. The lowest BCUT2D eigenvalue weighted by atomic mass is 10.1. The number of rotatable bonds is 2. The van der Waals surface area contributed by atoms with Gasteiger partial charge in [0, 0.05) is 31.7 Å². The second kappa shape index (κ2) is 5.33. The smallest absolute Gasteiger partial charge is 0.252 e. The number of piperazine rings is 1. The van der Waals surface area contributed by atoms with Crippen LogP contribution >= 0.6 is 0 Å². The number of nitrogens with one attached hydrogen (secondary N) is 1. The zero-order valence-corrected chi connectivity index (χ0v) is 10.7. The van der Waals surface area contributed by atoms with Gasteiger partial charge in [0.25, 0.3) is 5.91 Å². The largest absolute Gasteiger partial charge is 0.364 e. The summed E-state index contributed by atoms with van der Waals surface area (Å²) in [5.41, 5.74) is 5.56. The molecule has 0 aromatic rings. The molecule has 1 amide bonds. The number of amides is 1. The molecule has 5 nitrogen and oxygen atoms in total. The summed E-state index contributed by atoms with van der Waals surface area (Å²) in [6.07, 6.45) is 1.52. The van der Waals surface area contributed by atoms with Crippen LogP contribution in [0.3, 0.4) is 0 Å². The van der Waals surface area contributed by atoms with Crippen molar-refractivity contribution in [3.63, 3.8) is 0 Å². The van der Waals surface area contributed by atoms with Gasteiger partial charge in [0.1, 0.15) is 6.10 Å².